The van der Waals surface area contributed by atoms with E-state index in [4.69, 9.17) is 0 Å². The summed E-state index contributed by atoms with van der Waals surface area (Å²) >= 11 is 1.10. The lowest BCUT2D eigenvalue weighted by molar-refractivity contribution is -0.119. The van der Waals surface area contributed by atoms with Crippen LogP contribution in [0.2, 0.25) is 0 Å². The molecule has 8 heteroatoms. The lowest BCUT2D eigenvalue weighted by Crippen LogP contribution is -2.39. The number of nitrogens with zero attached hydrogens (tertiary/aromatic N) is 1. The number of aryl methyl sites for hydroxylation is 1. The monoisotopic (exact) mass is 360 g/mol. The second kappa shape index (κ2) is 9.03. The van der Waals surface area contributed by atoms with E-state index in [1.165, 1.54) is 13.1 Å². The van der Waals surface area contributed by atoms with Crippen molar-refractivity contribution in [2.75, 3.05) is 7.05 Å². The number of carbonyl (C=O) groups excluding carboxylic acids is 2. The zero-order chi connectivity index (χ0) is 18.2. The second-order valence-electron chi connectivity index (χ2n) is 5.27. The molecule has 0 spiro atoms. The van der Waals surface area contributed by atoms with Gasteiger partial charge in [-0.25, -0.2) is 9.78 Å². The molecular weight excluding hydrogens is 340 g/mol. The minimum atomic E-state index is -0.724. The number of carbonyl (C=O) groups is 2. The van der Waals surface area contributed by atoms with Crippen molar-refractivity contribution in [1.29, 1.82) is 0 Å². The van der Waals surface area contributed by atoms with E-state index >= 15 is 0 Å². The predicted octanol–water partition coefficient (Wildman–Crippen LogP) is 2.01. The van der Waals surface area contributed by atoms with Gasteiger partial charge in [0.05, 0.1) is 0 Å². The molecule has 2 aromatic rings. The van der Waals surface area contributed by atoms with Gasteiger partial charge in [0.2, 0.25) is 5.91 Å². The van der Waals surface area contributed by atoms with Crippen LogP contribution in [0.15, 0.2) is 46.3 Å². The van der Waals surface area contributed by atoms with Crippen molar-refractivity contribution >= 4 is 23.7 Å². The number of H-pyrrole nitrogens is 1. The first-order chi connectivity index (χ1) is 12.0. The third kappa shape index (κ3) is 5.46. The number of nitrogens with one attached hydrogen (secondary N) is 3. The number of rotatable bonds is 6. The summed E-state index contributed by atoms with van der Waals surface area (Å²) < 4.78 is 0. The van der Waals surface area contributed by atoms with Gasteiger partial charge < -0.3 is 10.3 Å². The number of imide groups is 1. The standard InChI is InChI=1S/C17H20N4O3S/c1-3-7-12-10-13(22)20-17(19-12)25-14(11-8-5-4-6-9-11)15(23)21-16(24)18-2/h4-6,8-10,14H,3,7H2,1-2H3,(H,19,20,22)(H2,18,21,23,24)/t14-/m0/s1. The summed E-state index contributed by atoms with van der Waals surface area (Å²) in [5, 5.41) is 4.24. The second-order valence-corrected chi connectivity index (χ2v) is 6.36. The van der Waals surface area contributed by atoms with E-state index in [9.17, 15) is 14.4 Å². The summed E-state index contributed by atoms with van der Waals surface area (Å²) in [6, 6.07) is 9.89. The van der Waals surface area contributed by atoms with Gasteiger partial charge in [0.1, 0.15) is 5.25 Å². The normalized spacial score (nSPS) is 11.6. The molecule has 0 aliphatic heterocycles. The van der Waals surface area contributed by atoms with Gasteiger partial charge in [-0.1, -0.05) is 55.4 Å². The van der Waals surface area contributed by atoms with Gasteiger partial charge in [0, 0.05) is 18.8 Å². The molecule has 1 heterocycles. The first kappa shape index (κ1) is 18.7. The topological polar surface area (TPSA) is 104 Å². The van der Waals surface area contributed by atoms with Crippen molar-refractivity contribution < 1.29 is 9.59 Å². The Labute approximate surface area is 149 Å². The summed E-state index contributed by atoms with van der Waals surface area (Å²) in [6.07, 6.45) is 1.54. The molecule has 1 aromatic carbocycles. The van der Waals surface area contributed by atoms with Crippen LogP contribution in [0.3, 0.4) is 0 Å². The molecule has 7 nitrogen and oxygen atoms in total. The Morgan fingerprint density at radius 3 is 2.64 bits per heavy atom. The van der Waals surface area contributed by atoms with Crippen LogP contribution in [0.1, 0.15) is 29.9 Å². The molecule has 0 unspecified atom stereocenters. The molecule has 0 saturated heterocycles. The minimum absolute atomic E-state index is 0.264. The molecular formula is C17H20N4O3S. The maximum atomic E-state index is 12.5. The van der Waals surface area contributed by atoms with Crippen molar-refractivity contribution in [2.45, 2.75) is 30.2 Å². The van der Waals surface area contributed by atoms with Crippen molar-refractivity contribution in [1.82, 2.24) is 20.6 Å². The molecule has 0 saturated carbocycles. The van der Waals surface area contributed by atoms with E-state index in [0.29, 0.717) is 22.8 Å². The summed E-state index contributed by atoms with van der Waals surface area (Å²) in [4.78, 5) is 42.8. The minimum Gasteiger partial charge on any atom is -0.341 e. The smallest absolute Gasteiger partial charge is 0.321 e. The maximum Gasteiger partial charge on any atom is 0.321 e. The number of thioether (sulfide) groups is 1. The van der Waals surface area contributed by atoms with Gasteiger partial charge in [0.25, 0.3) is 5.56 Å². The number of urea groups is 1. The van der Waals surface area contributed by atoms with Gasteiger partial charge in [0.15, 0.2) is 5.16 Å². The van der Waals surface area contributed by atoms with E-state index in [2.05, 4.69) is 20.6 Å². The third-order valence-electron chi connectivity index (χ3n) is 3.31. The van der Waals surface area contributed by atoms with Gasteiger partial charge >= 0.3 is 6.03 Å². The number of hydrogen-bond donors (Lipinski definition) is 3. The van der Waals surface area contributed by atoms with E-state index in [0.717, 1.165) is 18.2 Å². The summed E-state index contributed by atoms with van der Waals surface area (Å²) in [7, 11) is 1.43. The fourth-order valence-electron chi connectivity index (χ4n) is 2.18. The van der Waals surface area contributed by atoms with Gasteiger partial charge in [-0.15, -0.1) is 0 Å². The van der Waals surface area contributed by atoms with E-state index in [-0.39, 0.29) is 5.56 Å². The highest BCUT2D eigenvalue weighted by Crippen LogP contribution is 2.33. The number of hydrogen-bond acceptors (Lipinski definition) is 5. The van der Waals surface area contributed by atoms with Crippen molar-refractivity contribution in [3.63, 3.8) is 0 Å². The number of amides is 3. The van der Waals surface area contributed by atoms with Crippen LogP contribution in [0, 0.1) is 0 Å². The molecule has 3 N–H and O–H groups in total. The third-order valence-corrected chi connectivity index (χ3v) is 4.45. The molecule has 0 fully saturated rings. The molecule has 0 aliphatic rings. The molecule has 25 heavy (non-hydrogen) atoms. The number of aromatic nitrogens is 2. The Bertz CT molecular complexity index is 792. The van der Waals surface area contributed by atoms with E-state index in [1.54, 1.807) is 24.3 Å². The average Bonchev–Trinajstić information content (AvgIpc) is 2.60. The highest BCUT2D eigenvalue weighted by Gasteiger charge is 2.24. The molecule has 0 radical (unpaired) electrons. The molecule has 0 bridgehead atoms. The predicted molar refractivity (Wildman–Crippen MR) is 96.5 cm³/mol. The molecule has 132 valence electrons. The fourth-order valence-corrected chi connectivity index (χ4v) is 3.19. The lowest BCUT2D eigenvalue weighted by Gasteiger charge is -2.16. The molecule has 0 aliphatic carbocycles. The lowest BCUT2D eigenvalue weighted by atomic mass is 10.1. The Morgan fingerprint density at radius 1 is 1.28 bits per heavy atom. The first-order valence-electron chi connectivity index (χ1n) is 7.88. The van der Waals surface area contributed by atoms with Crippen LogP contribution in [-0.2, 0) is 11.2 Å². The number of aromatic amines is 1. The van der Waals surface area contributed by atoms with Crippen LogP contribution < -0.4 is 16.2 Å². The van der Waals surface area contributed by atoms with Gasteiger partial charge in [-0.2, -0.15) is 0 Å². The molecule has 1 atom stereocenters. The maximum absolute atomic E-state index is 12.5. The van der Waals surface area contributed by atoms with Crippen molar-refractivity contribution in [3.8, 4) is 0 Å². The zero-order valence-corrected chi connectivity index (χ0v) is 14.9. The Hall–Kier alpha value is -2.61. The van der Waals surface area contributed by atoms with Crippen LogP contribution in [-0.4, -0.2) is 29.0 Å². The quantitative estimate of drug-likeness (QED) is 0.540. The van der Waals surface area contributed by atoms with Crippen LogP contribution >= 0.6 is 11.8 Å². The largest absolute Gasteiger partial charge is 0.341 e. The van der Waals surface area contributed by atoms with Crippen LogP contribution in [0.5, 0.6) is 0 Å². The summed E-state index contributed by atoms with van der Waals surface area (Å²) in [6.45, 7) is 2.00. The molecule has 3 amide bonds. The highest BCUT2D eigenvalue weighted by molar-refractivity contribution is 8.00. The van der Waals surface area contributed by atoms with Crippen molar-refractivity contribution in [2.24, 2.45) is 0 Å². The average molecular weight is 360 g/mol. The van der Waals surface area contributed by atoms with E-state index < -0.39 is 17.2 Å². The molecule has 2 rings (SSSR count). The summed E-state index contributed by atoms with van der Waals surface area (Å²) in [5.41, 5.74) is 1.11. The summed E-state index contributed by atoms with van der Waals surface area (Å²) in [5.74, 6) is -0.487. The van der Waals surface area contributed by atoms with Gasteiger partial charge in [-0.05, 0) is 12.0 Å². The zero-order valence-electron chi connectivity index (χ0n) is 14.0. The Balaban J connectivity index is 2.32. The van der Waals surface area contributed by atoms with Crippen LogP contribution in [0.4, 0.5) is 4.79 Å². The Morgan fingerprint density at radius 2 is 2.00 bits per heavy atom. The molecule has 1 aromatic heterocycles. The number of benzene rings is 1. The first-order valence-corrected chi connectivity index (χ1v) is 8.76. The highest BCUT2D eigenvalue weighted by atomic mass is 32.2. The fraction of sp³-hybridized carbons (Fsp3) is 0.294. The Kier molecular flexibility index (Phi) is 6.76. The van der Waals surface area contributed by atoms with Crippen molar-refractivity contribution in [3.05, 3.63) is 58.0 Å². The SMILES string of the molecule is CCCc1cc(=O)[nH]c(S[C@H](C(=O)NC(=O)NC)c2ccccc2)n1. The van der Waals surface area contributed by atoms with Crippen LogP contribution in [0.25, 0.3) is 0 Å². The van der Waals surface area contributed by atoms with Gasteiger partial charge in [-0.3, -0.25) is 14.9 Å². The van der Waals surface area contributed by atoms with E-state index in [1.807, 2.05) is 13.0 Å².